The van der Waals surface area contributed by atoms with Gasteiger partial charge >= 0.3 is 6.18 Å². The first-order valence-corrected chi connectivity index (χ1v) is 12.4. The van der Waals surface area contributed by atoms with Crippen LogP contribution in [0.5, 0.6) is 17.4 Å². The molecule has 2 N–H and O–H groups in total. The SMILES string of the molecule is Cc1c(C(F)(F)F)nnc(Oc2cc(OC(C)C)ccc2F)c1C(=O)Nc1cccc(S(C)(=N)=O)c1. The topological polar surface area (TPSA) is 114 Å². The molecule has 1 aromatic heterocycles. The van der Waals surface area contributed by atoms with Crippen molar-refractivity contribution in [1.29, 1.82) is 4.78 Å². The Hall–Kier alpha value is -3.74. The summed E-state index contributed by atoms with van der Waals surface area (Å²) in [5.41, 5.74) is -2.60. The largest absolute Gasteiger partial charge is 0.491 e. The molecule has 0 saturated heterocycles. The Morgan fingerprint density at radius 3 is 2.44 bits per heavy atom. The second kappa shape index (κ2) is 10.1. The van der Waals surface area contributed by atoms with Crippen LogP contribution in [0.3, 0.4) is 0 Å². The summed E-state index contributed by atoms with van der Waals surface area (Å²) in [5.74, 6) is -2.84. The van der Waals surface area contributed by atoms with E-state index in [0.717, 1.165) is 13.0 Å². The molecule has 0 fully saturated rings. The monoisotopic (exact) mass is 526 g/mol. The van der Waals surface area contributed by atoms with Crippen molar-refractivity contribution in [2.45, 2.75) is 37.9 Å². The average molecular weight is 527 g/mol. The number of halogens is 4. The molecule has 192 valence electrons. The number of rotatable bonds is 7. The maximum absolute atomic E-state index is 14.4. The van der Waals surface area contributed by atoms with Gasteiger partial charge in [0.05, 0.1) is 15.8 Å². The minimum Gasteiger partial charge on any atom is -0.491 e. The molecule has 0 aliphatic rings. The van der Waals surface area contributed by atoms with E-state index in [1.165, 1.54) is 42.7 Å². The summed E-state index contributed by atoms with van der Waals surface area (Å²) in [4.78, 5) is 13.2. The van der Waals surface area contributed by atoms with Crippen molar-refractivity contribution in [3.05, 3.63) is 65.1 Å². The number of alkyl halides is 3. The first-order chi connectivity index (χ1) is 16.7. The van der Waals surface area contributed by atoms with Gasteiger partial charge in [0.1, 0.15) is 11.3 Å². The molecule has 1 atom stereocenters. The molecule has 0 aliphatic heterocycles. The van der Waals surface area contributed by atoms with E-state index >= 15 is 0 Å². The number of hydrogen-bond acceptors (Lipinski definition) is 7. The molecule has 2 aromatic carbocycles. The number of ether oxygens (including phenoxy) is 2. The molecule has 1 heterocycles. The Morgan fingerprint density at radius 2 is 1.83 bits per heavy atom. The number of aromatic nitrogens is 2. The predicted molar refractivity (Wildman–Crippen MR) is 123 cm³/mol. The molecule has 8 nitrogen and oxygen atoms in total. The Morgan fingerprint density at radius 1 is 1.14 bits per heavy atom. The van der Waals surface area contributed by atoms with Crippen LogP contribution in [0.15, 0.2) is 47.4 Å². The van der Waals surface area contributed by atoms with Gasteiger partial charge in [-0.25, -0.2) is 13.4 Å². The van der Waals surface area contributed by atoms with E-state index in [1.807, 2.05) is 0 Å². The maximum Gasteiger partial charge on any atom is 0.435 e. The van der Waals surface area contributed by atoms with E-state index in [-0.39, 0.29) is 22.4 Å². The number of carbonyl (C=O) groups is 1. The molecule has 3 aromatic rings. The van der Waals surface area contributed by atoms with Crippen molar-refractivity contribution in [3.63, 3.8) is 0 Å². The van der Waals surface area contributed by atoms with Crippen LogP contribution in [0.4, 0.5) is 23.2 Å². The summed E-state index contributed by atoms with van der Waals surface area (Å²) in [5, 5.41) is 8.95. The standard InChI is InChI=1S/C23H22F4N4O4S/c1-12(2)34-15-8-9-17(24)18(11-15)35-22-19(13(3)20(30-31-22)23(25,26)27)21(32)29-14-6-5-7-16(10-14)36(4,28)33/h5-12,28H,1-4H3,(H,29,32). The summed E-state index contributed by atoms with van der Waals surface area (Å²) < 4.78 is 85.6. The molecule has 1 unspecified atom stereocenters. The number of anilines is 1. The first kappa shape index (κ1) is 26.9. The van der Waals surface area contributed by atoms with Gasteiger partial charge in [-0.3, -0.25) is 4.79 Å². The maximum atomic E-state index is 14.4. The predicted octanol–water partition coefficient (Wildman–Crippen LogP) is 5.81. The van der Waals surface area contributed by atoms with E-state index in [4.69, 9.17) is 14.3 Å². The fourth-order valence-corrected chi connectivity index (χ4v) is 3.82. The lowest BCUT2D eigenvalue weighted by Gasteiger charge is -2.17. The lowest BCUT2D eigenvalue weighted by Crippen LogP contribution is -2.21. The Kier molecular flexibility index (Phi) is 7.53. The number of carbonyl (C=O) groups excluding carboxylic acids is 1. The number of nitrogens with one attached hydrogen (secondary N) is 2. The van der Waals surface area contributed by atoms with Gasteiger partial charge in [0.25, 0.3) is 11.8 Å². The molecule has 0 aliphatic carbocycles. The highest BCUT2D eigenvalue weighted by molar-refractivity contribution is 7.91. The lowest BCUT2D eigenvalue weighted by atomic mass is 10.1. The van der Waals surface area contributed by atoms with Gasteiger partial charge in [-0.05, 0) is 56.7 Å². The summed E-state index contributed by atoms with van der Waals surface area (Å²) in [6.45, 7) is 4.49. The van der Waals surface area contributed by atoms with Gasteiger partial charge in [0.15, 0.2) is 17.3 Å². The molecule has 36 heavy (non-hydrogen) atoms. The van der Waals surface area contributed by atoms with E-state index in [0.29, 0.717) is 0 Å². The molecular weight excluding hydrogens is 504 g/mol. The number of nitrogens with zero attached hydrogens (tertiary/aromatic N) is 2. The van der Waals surface area contributed by atoms with Gasteiger partial charge in [-0.15, -0.1) is 10.2 Å². The third-order valence-corrected chi connectivity index (χ3v) is 5.86. The van der Waals surface area contributed by atoms with Crippen LogP contribution in [-0.4, -0.2) is 32.7 Å². The normalized spacial score (nSPS) is 13.2. The summed E-state index contributed by atoms with van der Waals surface area (Å²) in [7, 11) is -3.13. The van der Waals surface area contributed by atoms with E-state index in [9.17, 15) is 26.6 Å². The van der Waals surface area contributed by atoms with Crippen LogP contribution in [0, 0.1) is 17.5 Å². The van der Waals surface area contributed by atoms with Crippen LogP contribution < -0.4 is 14.8 Å². The van der Waals surface area contributed by atoms with Gasteiger partial charge in [-0.2, -0.15) is 13.2 Å². The van der Waals surface area contributed by atoms with Gasteiger partial charge in [-0.1, -0.05) is 6.07 Å². The smallest absolute Gasteiger partial charge is 0.435 e. The summed E-state index contributed by atoms with van der Waals surface area (Å²) >= 11 is 0. The number of amides is 1. The Balaban J connectivity index is 2.08. The van der Waals surface area contributed by atoms with Crippen LogP contribution in [-0.2, 0) is 15.9 Å². The van der Waals surface area contributed by atoms with Crippen molar-refractivity contribution in [2.75, 3.05) is 11.6 Å². The Labute approximate surface area is 204 Å². The quantitative estimate of drug-likeness (QED) is 0.376. The van der Waals surface area contributed by atoms with Crippen molar-refractivity contribution >= 4 is 21.3 Å². The highest BCUT2D eigenvalue weighted by Crippen LogP contribution is 2.36. The van der Waals surface area contributed by atoms with E-state index in [2.05, 4.69) is 15.5 Å². The zero-order valence-electron chi connectivity index (χ0n) is 19.6. The average Bonchev–Trinajstić information content (AvgIpc) is 2.74. The fraction of sp³-hybridized carbons (Fsp3) is 0.261. The highest BCUT2D eigenvalue weighted by Gasteiger charge is 2.38. The van der Waals surface area contributed by atoms with Crippen LogP contribution in [0.2, 0.25) is 0 Å². The molecular formula is C23H22F4N4O4S. The molecule has 0 bridgehead atoms. The Bertz CT molecular complexity index is 1410. The molecule has 13 heteroatoms. The van der Waals surface area contributed by atoms with Crippen LogP contribution in [0.1, 0.15) is 35.5 Å². The molecule has 3 rings (SSSR count). The highest BCUT2D eigenvalue weighted by atomic mass is 32.2. The number of benzene rings is 2. The summed E-state index contributed by atoms with van der Waals surface area (Å²) in [6, 6.07) is 9.03. The first-order valence-electron chi connectivity index (χ1n) is 10.4. The molecule has 0 saturated carbocycles. The fourth-order valence-electron chi connectivity index (χ4n) is 3.13. The van der Waals surface area contributed by atoms with Crippen molar-refractivity contribution < 1.29 is 36.0 Å². The van der Waals surface area contributed by atoms with Crippen molar-refractivity contribution in [1.82, 2.24) is 10.2 Å². The van der Waals surface area contributed by atoms with Gasteiger partial charge in [0, 0.05) is 22.9 Å². The number of hydrogen-bond donors (Lipinski definition) is 2. The third-order valence-electron chi connectivity index (χ3n) is 4.70. The lowest BCUT2D eigenvalue weighted by molar-refractivity contribution is -0.142. The zero-order valence-corrected chi connectivity index (χ0v) is 20.4. The van der Waals surface area contributed by atoms with Crippen molar-refractivity contribution in [2.24, 2.45) is 0 Å². The van der Waals surface area contributed by atoms with Crippen LogP contribution in [0.25, 0.3) is 0 Å². The van der Waals surface area contributed by atoms with E-state index in [1.54, 1.807) is 13.8 Å². The summed E-state index contributed by atoms with van der Waals surface area (Å²) in [6.07, 6.45) is -4.01. The molecule has 1 amide bonds. The zero-order chi connectivity index (χ0) is 26.8. The minimum atomic E-state index is -4.93. The van der Waals surface area contributed by atoms with Crippen molar-refractivity contribution in [3.8, 4) is 17.4 Å². The second-order valence-corrected chi connectivity index (χ2v) is 10.2. The van der Waals surface area contributed by atoms with Gasteiger partial charge in [0.2, 0.25) is 0 Å². The minimum absolute atomic E-state index is 0.0635. The molecule has 0 radical (unpaired) electrons. The van der Waals surface area contributed by atoms with E-state index < -0.39 is 56.1 Å². The van der Waals surface area contributed by atoms with Crippen LogP contribution >= 0.6 is 0 Å². The third kappa shape index (κ3) is 6.27. The molecule has 0 spiro atoms. The van der Waals surface area contributed by atoms with Gasteiger partial charge < -0.3 is 14.8 Å². The second-order valence-electron chi connectivity index (χ2n) is 8.04.